The number of amides is 1. The van der Waals surface area contributed by atoms with E-state index in [9.17, 15) is 14.4 Å². The maximum absolute atomic E-state index is 12.7. The van der Waals surface area contributed by atoms with Gasteiger partial charge in [0.05, 0.1) is 0 Å². The zero-order valence-corrected chi connectivity index (χ0v) is 18.6. The SMILES string of the molecule is CC1CCCN(Cc2ccc(NC(=O)c3cc4c([nH]c3=O)CC(C)(C)CC4=O)cc2)C1. The number of fused-ring (bicyclic) bond motifs is 1. The summed E-state index contributed by atoms with van der Waals surface area (Å²) in [4.78, 5) is 43.0. The van der Waals surface area contributed by atoms with Crippen molar-refractivity contribution in [2.75, 3.05) is 18.4 Å². The normalized spacial score (nSPS) is 20.9. The second-order valence-corrected chi connectivity index (χ2v) is 9.98. The molecule has 2 N–H and O–H groups in total. The molecule has 164 valence electrons. The summed E-state index contributed by atoms with van der Waals surface area (Å²) < 4.78 is 0. The molecule has 1 saturated heterocycles. The molecule has 1 aromatic carbocycles. The second-order valence-electron chi connectivity index (χ2n) is 9.98. The Morgan fingerprint density at radius 2 is 1.94 bits per heavy atom. The third-order valence-corrected chi connectivity index (χ3v) is 6.32. The summed E-state index contributed by atoms with van der Waals surface area (Å²) in [6.45, 7) is 9.45. The van der Waals surface area contributed by atoms with Crippen LogP contribution in [-0.4, -0.2) is 34.7 Å². The molecule has 1 unspecified atom stereocenters. The maximum Gasteiger partial charge on any atom is 0.261 e. The van der Waals surface area contributed by atoms with Gasteiger partial charge in [-0.2, -0.15) is 0 Å². The summed E-state index contributed by atoms with van der Waals surface area (Å²) in [6.07, 6.45) is 3.56. The lowest BCUT2D eigenvalue weighted by molar-refractivity contribution is 0.0910. The Balaban J connectivity index is 1.45. The standard InChI is InChI=1S/C25H31N3O3/c1-16-5-4-10-28(14-16)15-17-6-8-18(9-7-17)26-23(30)20-11-19-21(27-24(20)31)12-25(2,3)13-22(19)29/h6-9,11,16H,4-5,10,12-15H2,1-3H3,(H,26,30)(H,27,31). The van der Waals surface area contributed by atoms with Gasteiger partial charge in [0.1, 0.15) is 5.56 Å². The minimum atomic E-state index is -0.501. The van der Waals surface area contributed by atoms with Crippen molar-refractivity contribution >= 4 is 17.4 Å². The Bertz CT molecular complexity index is 1050. The lowest BCUT2D eigenvalue weighted by Gasteiger charge is -2.30. The summed E-state index contributed by atoms with van der Waals surface area (Å²) >= 11 is 0. The summed E-state index contributed by atoms with van der Waals surface area (Å²) in [5.74, 6) is 0.201. The van der Waals surface area contributed by atoms with Crippen LogP contribution in [0, 0.1) is 11.3 Å². The van der Waals surface area contributed by atoms with E-state index < -0.39 is 11.5 Å². The topological polar surface area (TPSA) is 82.3 Å². The van der Waals surface area contributed by atoms with Crippen LogP contribution in [-0.2, 0) is 13.0 Å². The van der Waals surface area contributed by atoms with Crippen LogP contribution in [0.15, 0.2) is 35.1 Å². The Hall–Kier alpha value is -2.73. The Morgan fingerprint density at radius 3 is 2.65 bits per heavy atom. The van der Waals surface area contributed by atoms with Gasteiger partial charge in [0, 0.05) is 36.5 Å². The maximum atomic E-state index is 12.7. The number of aromatic amines is 1. The highest BCUT2D eigenvalue weighted by molar-refractivity contribution is 6.06. The molecule has 0 spiro atoms. The lowest BCUT2D eigenvalue weighted by atomic mass is 9.75. The quantitative estimate of drug-likeness (QED) is 0.781. The highest BCUT2D eigenvalue weighted by atomic mass is 16.2. The molecule has 1 aliphatic heterocycles. The molecule has 6 heteroatoms. The number of Topliss-reactive ketones (excluding diaryl/α,β-unsaturated/α-hetero) is 1. The van der Waals surface area contributed by atoms with E-state index in [1.807, 2.05) is 38.1 Å². The number of carbonyl (C=O) groups excluding carboxylic acids is 2. The number of aromatic nitrogens is 1. The van der Waals surface area contributed by atoms with Crippen LogP contribution in [0.2, 0.25) is 0 Å². The number of nitrogens with one attached hydrogen (secondary N) is 2. The molecular weight excluding hydrogens is 390 g/mol. The van der Waals surface area contributed by atoms with Gasteiger partial charge in [0.25, 0.3) is 11.5 Å². The van der Waals surface area contributed by atoms with Crippen molar-refractivity contribution in [1.29, 1.82) is 0 Å². The van der Waals surface area contributed by atoms with Crippen molar-refractivity contribution in [3.05, 3.63) is 63.1 Å². The number of H-pyrrole nitrogens is 1. The molecule has 2 aliphatic rings. The number of hydrogen-bond donors (Lipinski definition) is 2. The highest BCUT2D eigenvalue weighted by Gasteiger charge is 2.32. The third kappa shape index (κ3) is 4.96. The molecule has 0 radical (unpaired) electrons. The average Bonchev–Trinajstić information content (AvgIpc) is 2.68. The monoisotopic (exact) mass is 421 g/mol. The van der Waals surface area contributed by atoms with Gasteiger partial charge < -0.3 is 10.3 Å². The number of pyridine rings is 1. The van der Waals surface area contributed by atoms with E-state index in [0.29, 0.717) is 29.8 Å². The fraction of sp³-hybridized carbons (Fsp3) is 0.480. The van der Waals surface area contributed by atoms with Gasteiger partial charge >= 0.3 is 0 Å². The zero-order valence-electron chi connectivity index (χ0n) is 18.6. The van der Waals surface area contributed by atoms with Crippen LogP contribution < -0.4 is 10.9 Å². The number of ketones is 1. The van der Waals surface area contributed by atoms with E-state index in [4.69, 9.17) is 0 Å². The van der Waals surface area contributed by atoms with Crippen LogP contribution in [0.5, 0.6) is 0 Å². The number of hydrogen-bond acceptors (Lipinski definition) is 4. The van der Waals surface area contributed by atoms with Crippen molar-refractivity contribution in [3.8, 4) is 0 Å². The van der Waals surface area contributed by atoms with Crippen molar-refractivity contribution in [2.45, 2.75) is 53.0 Å². The van der Waals surface area contributed by atoms with Crippen molar-refractivity contribution in [2.24, 2.45) is 11.3 Å². The summed E-state index contributed by atoms with van der Waals surface area (Å²) in [5.41, 5.74) is 2.23. The smallest absolute Gasteiger partial charge is 0.261 e. The fourth-order valence-electron chi connectivity index (χ4n) is 4.78. The Kier molecular flexibility index (Phi) is 5.84. The molecule has 2 heterocycles. The molecule has 0 saturated carbocycles. The lowest BCUT2D eigenvalue weighted by Crippen LogP contribution is -2.33. The van der Waals surface area contributed by atoms with Gasteiger partial charge in [-0.25, -0.2) is 0 Å². The molecule has 1 atom stereocenters. The molecule has 1 aliphatic carbocycles. The highest BCUT2D eigenvalue weighted by Crippen LogP contribution is 2.33. The fourth-order valence-corrected chi connectivity index (χ4v) is 4.78. The first-order valence-corrected chi connectivity index (χ1v) is 11.1. The predicted octanol–water partition coefficient (Wildman–Crippen LogP) is 4.01. The number of piperidine rings is 1. The second kappa shape index (κ2) is 8.42. The van der Waals surface area contributed by atoms with Crippen LogP contribution >= 0.6 is 0 Å². The molecule has 1 fully saturated rings. The van der Waals surface area contributed by atoms with Gasteiger partial charge in [-0.15, -0.1) is 0 Å². The van der Waals surface area contributed by atoms with E-state index in [2.05, 4.69) is 22.1 Å². The number of nitrogens with zero attached hydrogens (tertiary/aromatic N) is 1. The first-order valence-electron chi connectivity index (χ1n) is 11.1. The van der Waals surface area contributed by atoms with Gasteiger partial charge in [0.15, 0.2) is 5.78 Å². The number of rotatable bonds is 4. The number of benzene rings is 1. The van der Waals surface area contributed by atoms with Gasteiger partial charge in [-0.05, 0) is 60.9 Å². The number of anilines is 1. The Morgan fingerprint density at radius 1 is 1.19 bits per heavy atom. The van der Waals surface area contributed by atoms with Crippen molar-refractivity contribution in [3.63, 3.8) is 0 Å². The summed E-state index contributed by atoms with van der Waals surface area (Å²) in [6, 6.07) is 9.20. The van der Waals surface area contributed by atoms with Crippen LogP contribution in [0.4, 0.5) is 5.69 Å². The minimum absolute atomic E-state index is 0.0295. The number of carbonyl (C=O) groups is 2. The van der Waals surface area contributed by atoms with Gasteiger partial charge in [0.2, 0.25) is 0 Å². The zero-order chi connectivity index (χ0) is 22.2. The summed E-state index contributed by atoms with van der Waals surface area (Å²) in [7, 11) is 0. The van der Waals surface area contributed by atoms with Crippen LogP contribution in [0.3, 0.4) is 0 Å². The van der Waals surface area contributed by atoms with E-state index in [-0.39, 0.29) is 16.8 Å². The largest absolute Gasteiger partial charge is 0.325 e. The predicted molar refractivity (Wildman–Crippen MR) is 122 cm³/mol. The van der Waals surface area contributed by atoms with E-state index in [1.54, 1.807) is 0 Å². The molecule has 2 aromatic rings. The first kappa shape index (κ1) is 21.5. The Labute approximate surface area is 183 Å². The van der Waals surface area contributed by atoms with Gasteiger partial charge in [-0.3, -0.25) is 19.3 Å². The molecule has 0 bridgehead atoms. The third-order valence-electron chi connectivity index (χ3n) is 6.32. The minimum Gasteiger partial charge on any atom is -0.325 e. The van der Waals surface area contributed by atoms with Gasteiger partial charge in [-0.1, -0.05) is 32.9 Å². The number of likely N-dealkylation sites (tertiary alicyclic amines) is 1. The van der Waals surface area contributed by atoms with E-state index in [0.717, 1.165) is 25.6 Å². The van der Waals surface area contributed by atoms with Crippen molar-refractivity contribution in [1.82, 2.24) is 9.88 Å². The molecular formula is C25H31N3O3. The van der Waals surface area contributed by atoms with Crippen molar-refractivity contribution < 1.29 is 9.59 Å². The average molecular weight is 422 g/mol. The van der Waals surface area contributed by atoms with E-state index in [1.165, 1.54) is 24.5 Å². The molecule has 1 amide bonds. The molecule has 31 heavy (non-hydrogen) atoms. The van der Waals surface area contributed by atoms with Crippen LogP contribution in [0.1, 0.15) is 72.0 Å². The summed E-state index contributed by atoms with van der Waals surface area (Å²) in [5, 5.41) is 2.79. The first-order chi connectivity index (χ1) is 14.7. The van der Waals surface area contributed by atoms with Crippen LogP contribution in [0.25, 0.3) is 0 Å². The molecule has 1 aromatic heterocycles. The van der Waals surface area contributed by atoms with E-state index >= 15 is 0 Å². The molecule has 4 rings (SSSR count). The molecule has 6 nitrogen and oxygen atoms in total.